The highest BCUT2D eigenvalue weighted by Gasteiger charge is 2.13. The lowest BCUT2D eigenvalue weighted by Crippen LogP contribution is -2.25. The summed E-state index contributed by atoms with van der Waals surface area (Å²) in [6, 6.07) is 13.0. The van der Waals surface area contributed by atoms with Crippen LogP contribution in [0.15, 0.2) is 48.5 Å². The molecule has 5 nitrogen and oxygen atoms in total. The molecule has 138 valence electrons. The van der Waals surface area contributed by atoms with Crippen molar-refractivity contribution in [3.63, 3.8) is 0 Å². The minimum absolute atomic E-state index is 0.150. The number of pyridine rings is 1. The largest absolute Gasteiger partial charge is 0.352 e. The van der Waals surface area contributed by atoms with E-state index in [1.54, 1.807) is 37.3 Å². The van der Waals surface area contributed by atoms with Crippen LogP contribution >= 0.6 is 0 Å². The molecule has 0 spiro atoms. The van der Waals surface area contributed by atoms with Crippen molar-refractivity contribution in [3.05, 3.63) is 76.7 Å². The van der Waals surface area contributed by atoms with E-state index in [1.165, 1.54) is 12.1 Å². The van der Waals surface area contributed by atoms with Gasteiger partial charge in [0.05, 0.1) is 11.1 Å². The number of fused-ring (bicyclic) bond motifs is 1. The average molecular weight is 365 g/mol. The fraction of sp³-hybridized carbons (Fsp3) is 0.190. The van der Waals surface area contributed by atoms with Crippen LogP contribution in [0.2, 0.25) is 0 Å². The topological polar surface area (TPSA) is 71.1 Å². The third-order valence-corrected chi connectivity index (χ3v) is 4.12. The molecule has 0 fully saturated rings. The number of hydrogen-bond donors (Lipinski definition) is 2. The zero-order valence-corrected chi connectivity index (χ0v) is 15.2. The summed E-state index contributed by atoms with van der Waals surface area (Å²) >= 11 is 0. The van der Waals surface area contributed by atoms with Gasteiger partial charge in [-0.05, 0) is 49.7 Å². The van der Waals surface area contributed by atoms with E-state index in [-0.39, 0.29) is 18.4 Å². The molecule has 2 aromatic carbocycles. The second-order valence-corrected chi connectivity index (χ2v) is 6.22. The summed E-state index contributed by atoms with van der Waals surface area (Å²) in [5.74, 6) is -0.821. The number of rotatable bonds is 5. The molecule has 0 saturated carbocycles. The van der Waals surface area contributed by atoms with E-state index in [9.17, 15) is 14.0 Å². The van der Waals surface area contributed by atoms with Crippen LogP contribution in [0, 0.1) is 12.7 Å². The number of aryl methyl sites for hydroxylation is 1. The number of nitrogens with one attached hydrogen (secondary N) is 2. The molecule has 0 unspecified atom stereocenters. The van der Waals surface area contributed by atoms with Crippen molar-refractivity contribution >= 4 is 22.7 Å². The Balaban J connectivity index is 1.80. The molecular formula is C21H20FN3O2. The lowest BCUT2D eigenvalue weighted by Gasteiger charge is -2.10. The maximum Gasteiger partial charge on any atom is 0.252 e. The molecule has 1 heterocycles. The molecule has 3 rings (SSSR count). The molecule has 0 bridgehead atoms. The number of halogens is 1. The number of amides is 2. The fourth-order valence-corrected chi connectivity index (χ4v) is 2.88. The number of carbonyl (C=O) groups excluding carboxylic acids is 2. The number of nitrogens with zero attached hydrogens (tertiary/aromatic N) is 1. The molecule has 3 aromatic rings. The van der Waals surface area contributed by atoms with Gasteiger partial charge in [-0.3, -0.25) is 14.6 Å². The summed E-state index contributed by atoms with van der Waals surface area (Å²) in [5.41, 5.74) is 2.88. The SMILES string of the molecule is CCNC(=O)c1cccc(CNC(=O)c2cc(C)nc3cc(F)ccc23)c1. The third-order valence-electron chi connectivity index (χ3n) is 4.12. The van der Waals surface area contributed by atoms with Gasteiger partial charge in [-0.25, -0.2) is 4.39 Å². The van der Waals surface area contributed by atoms with Crippen LogP contribution < -0.4 is 10.6 Å². The molecule has 0 radical (unpaired) electrons. The summed E-state index contributed by atoms with van der Waals surface area (Å²) < 4.78 is 13.5. The van der Waals surface area contributed by atoms with Crippen molar-refractivity contribution in [1.29, 1.82) is 0 Å². The van der Waals surface area contributed by atoms with E-state index in [1.807, 2.05) is 13.0 Å². The maximum absolute atomic E-state index is 13.5. The molecule has 2 N–H and O–H groups in total. The van der Waals surface area contributed by atoms with Gasteiger partial charge in [0.25, 0.3) is 11.8 Å². The van der Waals surface area contributed by atoms with Crippen LogP contribution in [0.25, 0.3) is 10.9 Å². The van der Waals surface area contributed by atoms with Crippen LogP contribution in [0.3, 0.4) is 0 Å². The molecule has 0 atom stereocenters. The van der Waals surface area contributed by atoms with Crippen molar-refractivity contribution in [1.82, 2.24) is 15.6 Å². The van der Waals surface area contributed by atoms with Crippen molar-refractivity contribution in [3.8, 4) is 0 Å². The Hall–Kier alpha value is -3.28. The average Bonchev–Trinajstić information content (AvgIpc) is 2.65. The van der Waals surface area contributed by atoms with Gasteiger partial charge in [0.15, 0.2) is 0 Å². The molecule has 0 aliphatic rings. The summed E-state index contributed by atoms with van der Waals surface area (Å²) in [6.45, 7) is 4.44. The molecule has 6 heteroatoms. The van der Waals surface area contributed by atoms with Gasteiger partial charge in [-0.15, -0.1) is 0 Å². The second kappa shape index (κ2) is 7.95. The summed E-state index contributed by atoms with van der Waals surface area (Å²) in [4.78, 5) is 28.9. The quantitative estimate of drug-likeness (QED) is 0.728. The Morgan fingerprint density at radius 2 is 1.85 bits per heavy atom. The van der Waals surface area contributed by atoms with Crippen molar-refractivity contribution in [2.24, 2.45) is 0 Å². The van der Waals surface area contributed by atoms with Gasteiger partial charge in [0.2, 0.25) is 0 Å². The van der Waals surface area contributed by atoms with E-state index >= 15 is 0 Å². The Bertz CT molecular complexity index is 1010. The van der Waals surface area contributed by atoms with E-state index in [0.717, 1.165) is 5.56 Å². The predicted octanol–water partition coefficient (Wildman–Crippen LogP) is 3.36. The third kappa shape index (κ3) is 4.28. The molecule has 0 saturated heterocycles. The molecule has 0 aliphatic carbocycles. The highest BCUT2D eigenvalue weighted by Crippen LogP contribution is 2.19. The zero-order valence-electron chi connectivity index (χ0n) is 15.2. The van der Waals surface area contributed by atoms with Gasteiger partial charge >= 0.3 is 0 Å². The van der Waals surface area contributed by atoms with Crippen LogP contribution in [0.4, 0.5) is 4.39 Å². The van der Waals surface area contributed by atoms with Gasteiger partial charge < -0.3 is 10.6 Å². The first-order valence-electron chi connectivity index (χ1n) is 8.70. The van der Waals surface area contributed by atoms with E-state index in [2.05, 4.69) is 15.6 Å². The molecule has 1 aromatic heterocycles. The highest BCUT2D eigenvalue weighted by atomic mass is 19.1. The summed E-state index contributed by atoms with van der Waals surface area (Å²) in [5, 5.41) is 6.20. The van der Waals surface area contributed by atoms with Crippen molar-refractivity contribution in [2.75, 3.05) is 6.54 Å². The molecular weight excluding hydrogens is 345 g/mol. The van der Waals surface area contributed by atoms with Crippen LogP contribution in [-0.4, -0.2) is 23.3 Å². The Morgan fingerprint density at radius 3 is 2.63 bits per heavy atom. The lowest BCUT2D eigenvalue weighted by atomic mass is 10.1. The molecule has 0 aliphatic heterocycles. The standard InChI is InChI=1S/C21H20FN3O2/c1-3-23-20(26)15-6-4-5-14(10-15)12-24-21(27)18-9-13(2)25-19-11-16(22)7-8-17(18)19/h4-11H,3,12H2,1-2H3,(H,23,26)(H,24,27). The number of aromatic nitrogens is 1. The number of carbonyl (C=O) groups is 2. The summed E-state index contributed by atoms with van der Waals surface area (Å²) in [7, 11) is 0. The second-order valence-electron chi connectivity index (χ2n) is 6.22. The lowest BCUT2D eigenvalue weighted by molar-refractivity contribution is 0.0948. The van der Waals surface area contributed by atoms with Gasteiger partial charge in [-0.2, -0.15) is 0 Å². The van der Waals surface area contributed by atoms with Gasteiger partial charge in [-0.1, -0.05) is 12.1 Å². The highest BCUT2D eigenvalue weighted by molar-refractivity contribution is 6.06. The summed E-state index contributed by atoms with van der Waals surface area (Å²) in [6.07, 6.45) is 0. The van der Waals surface area contributed by atoms with Crippen LogP contribution in [-0.2, 0) is 6.54 Å². The Labute approximate surface area is 156 Å². The van der Waals surface area contributed by atoms with E-state index < -0.39 is 5.82 Å². The molecule has 27 heavy (non-hydrogen) atoms. The fourth-order valence-electron chi connectivity index (χ4n) is 2.88. The number of hydrogen-bond acceptors (Lipinski definition) is 3. The first kappa shape index (κ1) is 18.5. The first-order chi connectivity index (χ1) is 13.0. The van der Waals surface area contributed by atoms with Gasteiger partial charge in [0, 0.05) is 35.8 Å². The zero-order chi connectivity index (χ0) is 19.4. The molecule has 2 amide bonds. The van der Waals surface area contributed by atoms with Crippen LogP contribution in [0.5, 0.6) is 0 Å². The van der Waals surface area contributed by atoms with Crippen molar-refractivity contribution < 1.29 is 14.0 Å². The van der Waals surface area contributed by atoms with Gasteiger partial charge in [0.1, 0.15) is 5.82 Å². The van der Waals surface area contributed by atoms with E-state index in [4.69, 9.17) is 0 Å². The first-order valence-corrected chi connectivity index (χ1v) is 8.70. The normalized spacial score (nSPS) is 10.6. The number of benzene rings is 2. The maximum atomic E-state index is 13.5. The van der Waals surface area contributed by atoms with Crippen LogP contribution in [0.1, 0.15) is 38.9 Å². The van der Waals surface area contributed by atoms with E-state index in [0.29, 0.717) is 34.3 Å². The Kier molecular flexibility index (Phi) is 5.45. The monoisotopic (exact) mass is 365 g/mol. The smallest absolute Gasteiger partial charge is 0.252 e. The Morgan fingerprint density at radius 1 is 1.04 bits per heavy atom. The van der Waals surface area contributed by atoms with Crippen molar-refractivity contribution in [2.45, 2.75) is 20.4 Å². The predicted molar refractivity (Wildman–Crippen MR) is 102 cm³/mol. The minimum Gasteiger partial charge on any atom is -0.352 e. The minimum atomic E-state index is -0.394.